The largest absolute Gasteiger partial charge is 0.456 e. The molecule has 0 aliphatic heterocycles. The van der Waals surface area contributed by atoms with Gasteiger partial charge in [-0.2, -0.15) is 0 Å². The van der Waals surface area contributed by atoms with Crippen LogP contribution in [0.4, 0.5) is 0 Å². The van der Waals surface area contributed by atoms with Crippen LogP contribution in [0.15, 0.2) is 65.1 Å². The van der Waals surface area contributed by atoms with Gasteiger partial charge in [0, 0.05) is 16.7 Å². The highest BCUT2D eigenvalue weighted by Crippen LogP contribution is 2.75. The van der Waals surface area contributed by atoms with Gasteiger partial charge in [-0.25, -0.2) is 4.98 Å². The van der Waals surface area contributed by atoms with Crippen LogP contribution < -0.4 is 0 Å². The lowest BCUT2D eigenvalue weighted by atomic mass is 9.74. The van der Waals surface area contributed by atoms with E-state index in [9.17, 15) is 0 Å². The van der Waals surface area contributed by atoms with Gasteiger partial charge in [-0.3, -0.25) is 2.78 Å². The van der Waals surface area contributed by atoms with Gasteiger partial charge in [0.25, 0.3) is 0 Å². The molecule has 5 aromatic rings. The number of hydrogen-bond donors (Lipinski definition) is 0. The first-order valence-corrected chi connectivity index (χ1v) is 12.8. The van der Waals surface area contributed by atoms with E-state index < -0.39 is 0 Å². The van der Waals surface area contributed by atoms with Crippen molar-refractivity contribution in [3.8, 4) is 11.1 Å². The Morgan fingerprint density at radius 3 is 2.72 bits per heavy atom. The van der Waals surface area contributed by atoms with Gasteiger partial charge in [0.15, 0.2) is 0 Å². The molecule has 3 aromatic carbocycles. The molecule has 4 heteroatoms. The van der Waals surface area contributed by atoms with Crippen molar-refractivity contribution in [1.29, 1.82) is 0 Å². The molecule has 1 spiro atoms. The smallest absolute Gasteiger partial charge is 0.136 e. The van der Waals surface area contributed by atoms with Gasteiger partial charge in [-0.1, -0.05) is 30.3 Å². The fraction of sp³-hybridized carbons (Fsp3) is 0.321. The van der Waals surface area contributed by atoms with Gasteiger partial charge in [0.2, 0.25) is 0 Å². The summed E-state index contributed by atoms with van der Waals surface area (Å²) in [5, 5.41) is 2.35. The van der Waals surface area contributed by atoms with Gasteiger partial charge in [-0.15, -0.1) is 0 Å². The minimum atomic E-state index is 0.586. The highest BCUT2D eigenvalue weighted by molar-refractivity contribution is 14.1. The number of hydrogen-bond acceptors (Lipinski definition) is 2. The molecular weight excluding hydrogens is 507 g/mol. The highest BCUT2D eigenvalue weighted by atomic mass is 127. The molecule has 0 N–H and O–H groups in total. The van der Waals surface area contributed by atoms with Crippen molar-refractivity contribution in [3.05, 3.63) is 66.5 Å². The average Bonchev–Trinajstić information content (AvgIpc) is 3.09. The number of imidazole rings is 1. The zero-order valence-corrected chi connectivity index (χ0v) is 19.9. The lowest BCUT2D eigenvalue weighted by molar-refractivity contribution is 0.250. The zero-order valence-electron chi connectivity index (χ0n) is 17.7. The number of rotatable bonds is 2. The highest BCUT2D eigenvalue weighted by Gasteiger charge is 2.66. The van der Waals surface area contributed by atoms with Gasteiger partial charge < -0.3 is 4.42 Å². The van der Waals surface area contributed by atoms with E-state index in [-0.39, 0.29) is 0 Å². The number of nitrogens with zero attached hydrogens (tertiary/aromatic N) is 2. The average molecular weight is 530 g/mol. The molecule has 0 saturated heterocycles. The number of aromatic nitrogens is 2. The van der Waals surface area contributed by atoms with E-state index in [2.05, 4.69) is 74.2 Å². The SMILES string of the molecule is In1c(C2CC[C@H]3C[C@@H]4C[C@]24C3)nc2cc(-c3ccc4c(c3)oc3ccccc34)ccc21. The molecule has 158 valence electrons. The summed E-state index contributed by atoms with van der Waals surface area (Å²) in [5.41, 5.74) is 7.22. The Balaban J connectivity index is 1.23. The maximum absolute atomic E-state index is 6.13. The van der Waals surface area contributed by atoms with E-state index in [1.165, 1.54) is 65.3 Å². The zero-order chi connectivity index (χ0) is 21.0. The first kappa shape index (κ1) is 18.1. The molecule has 4 atom stereocenters. The Bertz CT molecular complexity index is 1560. The van der Waals surface area contributed by atoms with E-state index in [1.54, 1.807) is 0 Å². The van der Waals surface area contributed by atoms with Crippen molar-refractivity contribution in [2.45, 2.75) is 38.0 Å². The third kappa shape index (κ3) is 2.34. The minimum Gasteiger partial charge on any atom is -0.456 e. The number of benzene rings is 3. The molecule has 2 heterocycles. The van der Waals surface area contributed by atoms with Crippen molar-refractivity contribution < 1.29 is 4.42 Å². The summed E-state index contributed by atoms with van der Waals surface area (Å²) in [4.78, 5) is 5.24. The van der Waals surface area contributed by atoms with Crippen LogP contribution >= 0.6 is 22.9 Å². The summed E-state index contributed by atoms with van der Waals surface area (Å²) < 4.78 is 8.48. The van der Waals surface area contributed by atoms with E-state index in [0.29, 0.717) is 11.3 Å². The molecule has 3 nitrogen and oxygen atoms in total. The third-order valence-electron chi connectivity index (χ3n) is 8.77. The molecule has 0 radical (unpaired) electrons. The van der Waals surface area contributed by atoms with Crippen LogP contribution in [-0.4, -0.2) is 7.76 Å². The van der Waals surface area contributed by atoms with Crippen LogP contribution in [0.1, 0.15) is 43.8 Å². The first-order chi connectivity index (χ1) is 15.7. The monoisotopic (exact) mass is 530 g/mol. The molecule has 0 amide bonds. The van der Waals surface area contributed by atoms with Crippen LogP contribution in [0.5, 0.6) is 0 Å². The van der Waals surface area contributed by atoms with Crippen LogP contribution in [0.3, 0.4) is 0 Å². The molecule has 1 unspecified atom stereocenters. The van der Waals surface area contributed by atoms with Crippen LogP contribution in [0.25, 0.3) is 44.1 Å². The van der Waals surface area contributed by atoms with E-state index in [4.69, 9.17) is 9.40 Å². The molecule has 8 rings (SSSR count). The maximum Gasteiger partial charge on any atom is 0.136 e. The standard InChI is InChI=1S/C28H23IN2O/c29-31-24-10-7-17(18-6-8-21-20-3-1-2-4-25(20)32-26(21)13-18)12-23(24)30-27(31)22-9-5-16-11-19-15-28(19,22)14-16/h1-4,6-8,10,12-13,16,19,22H,5,9,11,14-15H2/t16-,19+,22?,28-/m0/s1. The van der Waals surface area contributed by atoms with Gasteiger partial charge >= 0.3 is 0 Å². The second kappa shape index (κ2) is 6.16. The normalized spacial score (nSPS) is 28.6. The van der Waals surface area contributed by atoms with Gasteiger partial charge in [0.05, 0.1) is 33.9 Å². The van der Waals surface area contributed by atoms with Crippen molar-refractivity contribution in [3.63, 3.8) is 0 Å². The molecule has 3 fully saturated rings. The van der Waals surface area contributed by atoms with Crippen molar-refractivity contribution in [1.82, 2.24) is 7.76 Å². The Hall–Kier alpha value is -2.34. The summed E-state index contributed by atoms with van der Waals surface area (Å²) in [7, 11) is 0. The maximum atomic E-state index is 6.13. The number of furan rings is 1. The summed E-state index contributed by atoms with van der Waals surface area (Å²) in [5.74, 6) is 3.93. The molecular formula is C28H23IN2O. The topological polar surface area (TPSA) is 31.0 Å². The summed E-state index contributed by atoms with van der Waals surface area (Å²) in [6.45, 7) is 0. The molecule has 32 heavy (non-hydrogen) atoms. The number of halogens is 1. The van der Waals surface area contributed by atoms with Crippen molar-refractivity contribution in [2.75, 3.05) is 0 Å². The summed E-state index contributed by atoms with van der Waals surface area (Å²) >= 11 is 2.49. The molecule has 2 bridgehead atoms. The molecule has 3 aliphatic rings. The van der Waals surface area contributed by atoms with Crippen molar-refractivity contribution in [2.24, 2.45) is 17.3 Å². The van der Waals surface area contributed by atoms with E-state index in [0.717, 1.165) is 28.5 Å². The molecule has 2 aromatic heterocycles. The second-order valence-electron chi connectivity index (χ2n) is 10.3. The third-order valence-corrected chi connectivity index (χ3v) is 9.78. The fourth-order valence-electron chi connectivity index (χ4n) is 7.23. The Kier molecular flexibility index (Phi) is 3.49. The fourth-order valence-corrected chi connectivity index (χ4v) is 8.08. The lowest BCUT2D eigenvalue weighted by Gasteiger charge is -2.31. The van der Waals surface area contributed by atoms with Crippen LogP contribution in [0.2, 0.25) is 0 Å². The second-order valence-corrected chi connectivity index (χ2v) is 11.3. The predicted molar refractivity (Wildman–Crippen MR) is 137 cm³/mol. The predicted octanol–water partition coefficient (Wildman–Crippen LogP) is 8.09. The van der Waals surface area contributed by atoms with Gasteiger partial charge in [0.1, 0.15) is 17.0 Å². The Labute approximate surface area is 200 Å². The summed E-state index contributed by atoms with van der Waals surface area (Å²) in [6.07, 6.45) is 7.09. The Morgan fingerprint density at radius 2 is 1.75 bits per heavy atom. The van der Waals surface area contributed by atoms with E-state index >= 15 is 0 Å². The minimum absolute atomic E-state index is 0.586. The lowest BCUT2D eigenvalue weighted by Crippen LogP contribution is -2.22. The molecule has 3 saturated carbocycles. The van der Waals surface area contributed by atoms with Crippen LogP contribution in [0, 0.1) is 17.3 Å². The number of fused-ring (bicyclic) bond motifs is 5. The van der Waals surface area contributed by atoms with Crippen molar-refractivity contribution >= 4 is 55.8 Å². The molecule has 3 aliphatic carbocycles. The quantitative estimate of drug-likeness (QED) is 0.216. The van der Waals surface area contributed by atoms with E-state index in [1.807, 2.05) is 12.1 Å². The number of para-hydroxylation sites is 1. The van der Waals surface area contributed by atoms with Gasteiger partial charge in [-0.05, 0) is 90.8 Å². The first-order valence-electron chi connectivity index (χ1n) is 11.8. The Morgan fingerprint density at radius 1 is 0.906 bits per heavy atom. The summed E-state index contributed by atoms with van der Waals surface area (Å²) in [6, 6.07) is 21.6. The van der Waals surface area contributed by atoms with Crippen LogP contribution in [-0.2, 0) is 0 Å².